The summed E-state index contributed by atoms with van der Waals surface area (Å²) >= 11 is 0. The molecule has 164 valence electrons. The van der Waals surface area contributed by atoms with E-state index in [1.54, 1.807) is 7.11 Å². The number of hydrogen-bond acceptors (Lipinski definition) is 5. The number of ketones is 1. The maximum absolute atomic E-state index is 12.0. The second kappa shape index (κ2) is 15.9. The van der Waals surface area contributed by atoms with Gasteiger partial charge in [-0.2, -0.15) is 0 Å². The molecule has 0 amide bonds. The van der Waals surface area contributed by atoms with Crippen molar-refractivity contribution < 1.29 is 18.6 Å². The largest absolute Gasteiger partial charge is 0.379 e. The van der Waals surface area contributed by atoms with Crippen LogP contribution in [0.4, 0.5) is 0 Å². The summed E-state index contributed by atoms with van der Waals surface area (Å²) in [5.41, 5.74) is 0.847. The van der Waals surface area contributed by atoms with Gasteiger partial charge in [0.1, 0.15) is 0 Å². The molecule has 0 spiro atoms. The Kier molecular flexibility index (Phi) is 13.4. The van der Waals surface area contributed by atoms with E-state index >= 15 is 0 Å². The Morgan fingerprint density at radius 1 is 0.931 bits per heavy atom. The van der Waals surface area contributed by atoms with Gasteiger partial charge in [-0.05, 0) is 12.8 Å². The third-order valence-corrected chi connectivity index (χ3v) is 6.80. The van der Waals surface area contributed by atoms with Crippen LogP contribution in [0.1, 0.15) is 74.6 Å². The smallest absolute Gasteiger partial charge is 0.258 e. The molecule has 0 aliphatic carbocycles. The van der Waals surface area contributed by atoms with Crippen molar-refractivity contribution in [2.75, 3.05) is 40.0 Å². The molecule has 6 heteroatoms. The van der Waals surface area contributed by atoms with Gasteiger partial charge in [0.15, 0.2) is 5.78 Å². The van der Waals surface area contributed by atoms with Gasteiger partial charge in [-0.15, -0.1) is 0 Å². The Morgan fingerprint density at radius 3 is 2.14 bits per heavy atom. The summed E-state index contributed by atoms with van der Waals surface area (Å²) in [5, 5.41) is 0. The minimum Gasteiger partial charge on any atom is -0.379 e. The van der Waals surface area contributed by atoms with Crippen molar-refractivity contribution in [1.82, 2.24) is 4.67 Å². The number of hydrogen-bond donors (Lipinski definition) is 0. The molecule has 29 heavy (non-hydrogen) atoms. The first-order valence-corrected chi connectivity index (χ1v) is 12.3. The predicted octanol–water partition coefficient (Wildman–Crippen LogP) is 5.99. The van der Waals surface area contributed by atoms with Gasteiger partial charge in [0, 0.05) is 32.2 Å². The van der Waals surface area contributed by atoms with Crippen LogP contribution in [0.25, 0.3) is 0 Å². The SMILES string of the molecule is COP(OCCCCCCCCCCCC(=O)c1ccccc1)N1CCOCC1. The summed E-state index contributed by atoms with van der Waals surface area (Å²) < 4.78 is 19.1. The standard InChI is InChI=1S/C23H38NO4P/c1-26-29(24-17-20-27-21-18-24)28-19-13-8-6-4-2-3-5-7-12-16-23(25)22-14-10-9-11-15-22/h9-11,14-15H,2-8,12-13,16-21H2,1H3. The molecule has 1 aromatic rings. The van der Waals surface area contributed by atoms with Gasteiger partial charge in [-0.3, -0.25) is 4.79 Å². The Hall–Kier alpha value is -0.840. The van der Waals surface area contributed by atoms with Crippen LogP contribution in [0.3, 0.4) is 0 Å². The highest BCUT2D eigenvalue weighted by atomic mass is 31.2. The molecule has 1 saturated heterocycles. The topological polar surface area (TPSA) is 48.0 Å². The second-order valence-electron chi connectivity index (χ2n) is 7.54. The molecule has 1 atom stereocenters. The lowest BCUT2D eigenvalue weighted by Gasteiger charge is -2.31. The number of benzene rings is 1. The number of carbonyl (C=O) groups excluding carboxylic acids is 1. The number of rotatable bonds is 16. The third kappa shape index (κ3) is 10.7. The molecule has 5 nitrogen and oxygen atoms in total. The highest BCUT2D eigenvalue weighted by molar-refractivity contribution is 7.44. The van der Waals surface area contributed by atoms with E-state index in [-0.39, 0.29) is 5.78 Å². The van der Waals surface area contributed by atoms with E-state index in [0.717, 1.165) is 57.7 Å². The normalized spacial score (nSPS) is 16.0. The molecule has 0 aromatic heterocycles. The highest BCUT2D eigenvalue weighted by Gasteiger charge is 2.22. The molecule has 1 fully saturated rings. The van der Waals surface area contributed by atoms with Gasteiger partial charge in [0.25, 0.3) is 8.53 Å². The van der Waals surface area contributed by atoms with E-state index in [1.807, 2.05) is 30.3 Å². The van der Waals surface area contributed by atoms with Crippen molar-refractivity contribution in [1.29, 1.82) is 0 Å². The van der Waals surface area contributed by atoms with Crippen LogP contribution >= 0.6 is 8.53 Å². The number of morpholine rings is 1. The lowest BCUT2D eigenvalue weighted by Crippen LogP contribution is -2.33. The number of Topliss-reactive ketones (excluding diaryl/α,β-unsaturated/α-hetero) is 1. The monoisotopic (exact) mass is 423 g/mol. The van der Waals surface area contributed by atoms with E-state index in [4.69, 9.17) is 13.8 Å². The zero-order valence-electron chi connectivity index (χ0n) is 18.0. The Morgan fingerprint density at radius 2 is 1.52 bits per heavy atom. The van der Waals surface area contributed by atoms with Gasteiger partial charge >= 0.3 is 0 Å². The Bertz CT molecular complexity index is 537. The number of unbranched alkanes of at least 4 members (excludes halogenated alkanes) is 8. The molecule has 1 heterocycles. The minimum absolute atomic E-state index is 0.276. The molecule has 1 unspecified atom stereocenters. The maximum atomic E-state index is 12.0. The fraction of sp³-hybridized carbons (Fsp3) is 0.696. The van der Waals surface area contributed by atoms with Gasteiger partial charge < -0.3 is 13.8 Å². The molecule has 0 saturated carbocycles. The number of ether oxygens (including phenoxy) is 1. The van der Waals surface area contributed by atoms with Gasteiger partial charge in [-0.1, -0.05) is 75.3 Å². The molecule has 0 bridgehead atoms. The Labute approximate surface area is 178 Å². The summed E-state index contributed by atoms with van der Waals surface area (Å²) in [4.78, 5) is 12.0. The molecule has 1 aliphatic rings. The summed E-state index contributed by atoms with van der Waals surface area (Å²) in [6.45, 7) is 4.13. The summed E-state index contributed by atoms with van der Waals surface area (Å²) in [7, 11) is 0.832. The average Bonchev–Trinajstić information content (AvgIpc) is 2.78. The van der Waals surface area contributed by atoms with Gasteiger partial charge in [-0.25, -0.2) is 4.67 Å². The third-order valence-electron chi connectivity index (χ3n) is 5.22. The van der Waals surface area contributed by atoms with Crippen molar-refractivity contribution in [3.05, 3.63) is 35.9 Å². The molecule has 1 aliphatic heterocycles. The molecular formula is C23H38NO4P. The molecule has 2 rings (SSSR count). The average molecular weight is 424 g/mol. The van der Waals surface area contributed by atoms with Crippen LogP contribution in [0.2, 0.25) is 0 Å². The fourth-order valence-electron chi connectivity index (χ4n) is 3.50. The zero-order valence-corrected chi connectivity index (χ0v) is 18.9. The first-order chi connectivity index (χ1) is 14.3. The van der Waals surface area contributed by atoms with Crippen LogP contribution in [0.5, 0.6) is 0 Å². The zero-order chi connectivity index (χ0) is 20.6. The van der Waals surface area contributed by atoms with Crippen LogP contribution in [-0.2, 0) is 13.8 Å². The lowest BCUT2D eigenvalue weighted by atomic mass is 10.0. The summed E-state index contributed by atoms with van der Waals surface area (Å²) in [6, 6.07) is 9.63. The van der Waals surface area contributed by atoms with Crippen molar-refractivity contribution in [2.45, 2.75) is 64.2 Å². The van der Waals surface area contributed by atoms with E-state index in [0.29, 0.717) is 6.42 Å². The van der Waals surface area contributed by atoms with Crippen LogP contribution in [0, 0.1) is 0 Å². The number of nitrogens with zero attached hydrogens (tertiary/aromatic N) is 1. The predicted molar refractivity (Wildman–Crippen MR) is 119 cm³/mol. The Balaban J connectivity index is 1.35. The quantitative estimate of drug-likeness (QED) is 0.186. The van der Waals surface area contributed by atoms with E-state index in [2.05, 4.69) is 4.67 Å². The van der Waals surface area contributed by atoms with Crippen LogP contribution in [-0.4, -0.2) is 50.5 Å². The maximum Gasteiger partial charge on any atom is 0.258 e. The summed E-state index contributed by atoms with van der Waals surface area (Å²) in [6.07, 6.45) is 11.6. The van der Waals surface area contributed by atoms with Gasteiger partial charge in [0.2, 0.25) is 0 Å². The summed E-state index contributed by atoms with van der Waals surface area (Å²) in [5.74, 6) is 0.276. The molecular weight excluding hydrogens is 385 g/mol. The second-order valence-corrected chi connectivity index (χ2v) is 9.21. The lowest BCUT2D eigenvalue weighted by molar-refractivity contribution is 0.0621. The fourth-order valence-corrected chi connectivity index (χ4v) is 4.78. The first kappa shape index (κ1) is 24.4. The molecule has 0 N–H and O–H groups in total. The van der Waals surface area contributed by atoms with Crippen molar-refractivity contribution in [3.63, 3.8) is 0 Å². The van der Waals surface area contributed by atoms with Gasteiger partial charge in [0.05, 0.1) is 19.8 Å². The molecule has 0 radical (unpaired) electrons. The van der Waals surface area contributed by atoms with Crippen molar-refractivity contribution in [2.24, 2.45) is 0 Å². The number of carbonyl (C=O) groups is 1. The van der Waals surface area contributed by atoms with Crippen LogP contribution < -0.4 is 0 Å². The van der Waals surface area contributed by atoms with Crippen molar-refractivity contribution >= 4 is 14.3 Å². The van der Waals surface area contributed by atoms with E-state index in [1.165, 1.54) is 38.5 Å². The van der Waals surface area contributed by atoms with Crippen molar-refractivity contribution in [3.8, 4) is 0 Å². The first-order valence-electron chi connectivity index (χ1n) is 11.2. The highest BCUT2D eigenvalue weighted by Crippen LogP contribution is 2.42. The van der Waals surface area contributed by atoms with E-state index < -0.39 is 8.53 Å². The minimum atomic E-state index is -0.903. The molecule has 1 aromatic carbocycles. The van der Waals surface area contributed by atoms with E-state index in [9.17, 15) is 4.79 Å². The van der Waals surface area contributed by atoms with Crippen LogP contribution in [0.15, 0.2) is 30.3 Å².